The van der Waals surface area contributed by atoms with E-state index in [4.69, 9.17) is 63.1 Å². The Morgan fingerprint density at radius 1 is 0.536 bits per heavy atom. The fourth-order valence-corrected chi connectivity index (χ4v) is 17.5. The van der Waals surface area contributed by atoms with Crippen molar-refractivity contribution in [3.63, 3.8) is 0 Å². The van der Waals surface area contributed by atoms with E-state index in [9.17, 15) is 28.8 Å². The number of esters is 3. The minimum atomic E-state index is -0.976. The van der Waals surface area contributed by atoms with Crippen molar-refractivity contribution < 1.29 is 43.0 Å². The first-order valence-electron chi connectivity index (χ1n) is 37.7. The number of rotatable bonds is 41. The van der Waals surface area contributed by atoms with E-state index in [-0.39, 0.29) is 80.5 Å². The van der Waals surface area contributed by atoms with Crippen molar-refractivity contribution in [2.75, 3.05) is 54.9 Å². The standard InChI is InChI=1S/C81H92N4O9S6.C8H8S2/c1-6-9-25-58-38-40-59(41-39-58)64(52-70(100-79(97)63-30-17-12-18-31-63)60-42-44-65(45-43-60)82-80(91)84-83-69-47-46-68-74-66(69)33-22-34-67(74)75(89)85(8-3)76(68)90)32-21-37-73(88)94-55-81(7-2,53-92-71(86)35-19-23-56(4)48-50-98-77(95)61-26-13-10-14-27-61)54-93-72(87)36-20-24-57(5)49-51-99-78(96)62-28-15-11-16-29-62;1-10-8(9)7-5-3-2-4-6-7/h6,10-18,22,26-31,33-34,38-47,56-57,64,70,83H,1,7-9,19-21,23-25,32,35-37,48-55H2,2-5H3,(H2,82,84,91);2-6H,1H3. The number of imide groups is 1. The Morgan fingerprint density at radius 2 is 1.00 bits per heavy atom. The number of thiocarbonyl (C=S) groups is 4. The van der Waals surface area contributed by atoms with Crippen LogP contribution in [0.1, 0.15) is 188 Å². The maximum Gasteiger partial charge on any atom is 0.337 e. The summed E-state index contributed by atoms with van der Waals surface area (Å²) in [6, 6.07) is 64.5. The Balaban J connectivity index is 0.00000140. The van der Waals surface area contributed by atoms with Crippen molar-refractivity contribution in [2.24, 2.45) is 17.3 Å². The number of benzene rings is 8. The molecule has 578 valence electrons. The molecule has 0 saturated heterocycles. The molecule has 3 N–H and O–H groups in total. The quantitative estimate of drug-likeness (QED) is 0.00825. The molecular weight excluding hydrogens is 1530 g/mol. The van der Waals surface area contributed by atoms with E-state index in [1.54, 1.807) is 84.3 Å². The van der Waals surface area contributed by atoms with Crippen molar-refractivity contribution in [3.8, 4) is 0 Å². The summed E-state index contributed by atoms with van der Waals surface area (Å²) in [4.78, 5) is 82.2. The highest BCUT2D eigenvalue weighted by Crippen LogP contribution is 2.43. The number of carbonyl (C=O) groups excluding carboxylic acids is 6. The third-order valence-electron chi connectivity index (χ3n) is 19.4. The van der Waals surface area contributed by atoms with Crippen LogP contribution in [0.15, 0.2) is 213 Å². The number of hydrazine groups is 1. The number of anilines is 2. The number of urea groups is 1. The van der Waals surface area contributed by atoms with Crippen molar-refractivity contribution in [2.45, 2.75) is 135 Å². The predicted octanol–water partition coefficient (Wildman–Crippen LogP) is 22.6. The number of nitrogens with one attached hydrogen (secondary N) is 3. The molecule has 8 aromatic rings. The molecule has 9 rings (SSSR count). The van der Waals surface area contributed by atoms with E-state index in [1.807, 2.05) is 165 Å². The molecule has 1 aliphatic heterocycles. The van der Waals surface area contributed by atoms with E-state index >= 15 is 0 Å². The lowest BCUT2D eigenvalue weighted by molar-refractivity contribution is -0.162. The molecule has 0 bridgehead atoms. The van der Waals surface area contributed by atoms with Gasteiger partial charge in [0.2, 0.25) is 0 Å². The van der Waals surface area contributed by atoms with Crippen molar-refractivity contribution in [3.05, 3.63) is 263 Å². The summed E-state index contributed by atoms with van der Waals surface area (Å²) in [5.74, 6) is 0.692. The number of hydrogen-bond donors (Lipinski definition) is 3. The normalized spacial score (nSPS) is 13.2. The zero-order valence-electron chi connectivity index (χ0n) is 63.4. The summed E-state index contributed by atoms with van der Waals surface area (Å²) >= 11 is 29.1. The number of carbonyl (C=O) groups is 6. The van der Waals surface area contributed by atoms with Gasteiger partial charge in [0.05, 0.1) is 27.9 Å². The maximum atomic E-state index is 14.1. The van der Waals surface area contributed by atoms with Gasteiger partial charge in [-0.3, -0.25) is 39.7 Å². The first-order chi connectivity index (χ1) is 53.3. The Labute approximate surface area is 688 Å². The molecule has 1 aliphatic rings. The van der Waals surface area contributed by atoms with Gasteiger partial charge >= 0.3 is 23.9 Å². The smallest absolute Gasteiger partial charge is 0.337 e. The van der Waals surface area contributed by atoms with Crippen LogP contribution >= 0.6 is 95.9 Å². The third kappa shape index (κ3) is 28.1. The van der Waals surface area contributed by atoms with Gasteiger partial charge in [-0.05, 0) is 176 Å². The molecule has 1 heterocycles. The third-order valence-corrected chi connectivity index (χ3v) is 25.5. The molecule has 21 heteroatoms. The van der Waals surface area contributed by atoms with Gasteiger partial charge in [-0.15, -0.1) is 53.6 Å². The Morgan fingerprint density at radius 3 is 1.47 bits per heavy atom. The number of aryl methyl sites for hydroxylation is 1. The number of hydrogen-bond acceptors (Lipinski definition) is 18. The van der Waals surface area contributed by atoms with Gasteiger partial charge in [-0.1, -0.05) is 258 Å². The largest absolute Gasteiger partial charge is 0.465 e. The molecule has 0 aliphatic carbocycles. The second-order valence-electron chi connectivity index (χ2n) is 27.5. The van der Waals surface area contributed by atoms with E-state index in [2.05, 4.69) is 60.9 Å². The molecule has 0 aromatic heterocycles. The molecule has 8 aromatic carbocycles. The fourth-order valence-electron chi connectivity index (χ4n) is 12.6. The number of allylic oxidation sites excluding steroid dienone is 1. The molecular formula is C89H100N4O9S8. The predicted molar refractivity (Wildman–Crippen MR) is 476 cm³/mol. The summed E-state index contributed by atoms with van der Waals surface area (Å²) < 4.78 is 21.6. The van der Waals surface area contributed by atoms with Crippen molar-refractivity contribution >= 4 is 171 Å². The molecule has 0 fully saturated rings. The number of nitrogens with zero attached hydrogens (tertiary/aromatic N) is 1. The van der Waals surface area contributed by atoms with Gasteiger partial charge in [0, 0.05) is 58.6 Å². The summed E-state index contributed by atoms with van der Waals surface area (Å²) in [7, 11) is 0. The molecule has 0 saturated carbocycles. The first-order valence-corrected chi connectivity index (χ1v) is 43.4. The average molecular weight is 1630 g/mol. The molecule has 4 atom stereocenters. The Bertz CT molecular complexity index is 4260. The van der Waals surface area contributed by atoms with Gasteiger partial charge in [-0.25, -0.2) is 4.79 Å². The minimum Gasteiger partial charge on any atom is -0.465 e. The second-order valence-corrected chi connectivity index (χ2v) is 34.4. The van der Waals surface area contributed by atoms with Crippen LogP contribution in [0.2, 0.25) is 0 Å². The van der Waals surface area contributed by atoms with Gasteiger partial charge in [0.1, 0.15) is 19.8 Å². The van der Waals surface area contributed by atoms with Crippen LogP contribution in [0.4, 0.5) is 16.2 Å². The van der Waals surface area contributed by atoms with Gasteiger partial charge in [0.25, 0.3) is 11.8 Å². The highest BCUT2D eigenvalue weighted by atomic mass is 32.2. The average Bonchev–Trinajstić information content (AvgIpc) is 0.741. The molecule has 0 radical (unpaired) electrons. The van der Waals surface area contributed by atoms with E-state index in [1.165, 1.54) is 10.5 Å². The highest BCUT2D eigenvalue weighted by molar-refractivity contribution is 8.24. The molecule has 4 unspecified atom stereocenters. The Hall–Kier alpha value is -7.86. The van der Waals surface area contributed by atoms with Crippen LogP contribution in [-0.2, 0) is 35.0 Å². The van der Waals surface area contributed by atoms with Gasteiger partial charge in [-0.2, -0.15) is 0 Å². The number of ether oxygens (including phenoxy) is 3. The summed E-state index contributed by atoms with van der Waals surface area (Å²) in [6.45, 7) is 12.0. The van der Waals surface area contributed by atoms with E-state index < -0.39 is 17.4 Å². The van der Waals surface area contributed by atoms with E-state index in [0.29, 0.717) is 83.6 Å². The summed E-state index contributed by atoms with van der Waals surface area (Å²) in [5, 5.41) is 3.92. The van der Waals surface area contributed by atoms with Crippen LogP contribution < -0.4 is 16.2 Å². The van der Waals surface area contributed by atoms with Crippen LogP contribution in [-0.4, -0.2) is 102 Å². The van der Waals surface area contributed by atoms with Crippen molar-refractivity contribution in [1.29, 1.82) is 0 Å². The first kappa shape index (κ1) is 87.7. The molecule has 110 heavy (non-hydrogen) atoms. The highest BCUT2D eigenvalue weighted by Gasteiger charge is 2.36. The molecule has 13 nitrogen and oxygen atoms in total. The van der Waals surface area contributed by atoms with Crippen molar-refractivity contribution in [1.82, 2.24) is 10.3 Å². The minimum absolute atomic E-state index is 0.0305. The Kier molecular flexibility index (Phi) is 37.4. The fraction of sp³-hybridized carbons (Fsp3) is 0.348. The summed E-state index contributed by atoms with van der Waals surface area (Å²) in [6.07, 6.45) is 13.3. The zero-order chi connectivity index (χ0) is 78.6. The number of amides is 4. The van der Waals surface area contributed by atoms with E-state index in [0.717, 1.165) is 100 Å². The lowest BCUT2D eigenvalue weighted by atomic mass is 9.87. The topological polar surface area (TPSA) is 169 Å². The molecule has 0 spiro atoms. The SMILES string of the molecule is C=CCCc1ccc(C(CCCC(=O)OCC(CC)(COC(=O)CCCC(C)CCSC(=S)c2ccccc2)COC(=O)CCCC(C)CCSC(=S)c2ccccc2)CC(SC(=S)c2ccccc2)c2ccc(NC(=O)NNc3ccc4c5c(cccc35)C(=O)N(CC)C4=O)cc2)cc1.CSC(=S)c1ccccc1. The monoisotopic (exact) mass is 1620 g/mol. The number of thioether (sulfide) groups is 4. The summed E-state index contributed by atoms with van der Waals surface area (Å²) in [5.41, 5.74) is 14.1. The van der Waals surface area contributed by atoms with Crippen LogP contribution in [0, 0.1) is 17.3 Å². The van der Waals surface area contributed by atoms with Crippen LogP contribution in [0.5, 0.6) is 0 Å². The van der Waals surface area contributed by atoms with Crippen LogP contribution in [0.3, 0.4) is 0 Å². The molecule has 4 amide bonds. The van der Waals surface area contributed by atoms with Gasteiger partial charge in [0.15, 0.2) is 0 Å². The lowest BCUT2D eigenvalue weighted by Gasteiger charge is -2.31. The second kappa shape index (κ2) is 46.8. The van der Waals surface area contributed by atoms with Crippen LogP contribution in [0.25, 0.3) is 10.8 Å². The maximum absolute atomic E-state index is 14.1. The zero-order valence-corrected chi connectivity index (χ0v) is 69.9. The van der Waals surface area contributed by atoms with Gasteiger partial charge < -0.3 is 19.5 Å². The lowest BCUT2D eigenvalue weighted by Crippen LogP contribution is -2.40.